The minimum atomic E-state index is 0.238. The number of para-hydroxylation sites is 1. The summed E-state index contributed by atoms with van der Waals surface area (Å²) in [7, 11) is 0. The number of halogens is 1. The highest BCUT2D eigenvalue weighted by molar-refractivity contribution is 9.10. The normalized spacial score (nSPS) is 9.61. The van der Waals surface area contributed by atoms with Crippen LogP contribution in [0.5, 0.6) is 17.2 Å². The molecule has 0 atom stereocenters. The van der Waals surface area contributed by atoms with Crippen LogP contribution in [0.25, 0.3) is 0 Å². The lowest BCUT2D eigenvalue weighted by Crippen LogP contribution is -1.90. The molecule has 0 radical (unpaired) electrons. The Labute approximate surface area is 112 Å². The standard InChI is InChI=1S/C13H8BrNO3/c14-11-6-5-10(7-13(11)18-16)17-12-4-2-1-3-9(12)8-15/h1-7,16H. The van der Waals surface area contributed by atoms with E-state index in [-0.39, 0.29) is 5.75 Å². The predicted octanol–water partition coefficient (Wildman–Crippen LogP) is 3.96. The Morgan fingerprint density at radius 2 is 1.89 bits per heavy atom. The Bertz CT molecular complexity index is 607. The van der Waals surface area contributed by atoms with Crippen LogP contribution >= 0.6 is 15.9 Å². The summed E-state index contributed by atoms with van der Waals surface area (Å²) in [5.41, 5.74) is 0.437. The van der Waals surface area contributed by atoms with E-state index >= 15 is 0 Å². The van der Waals surface area contributed by atoms with Gasteiger partial charge in [-0.2, -0.15) is 5.26 Å². The van der Waals surface area contributed by atoms with Gasteiger partial charge in [-0.15, -0.1) is 0 Å². The number of hydrogen-bond donors (Lipinski definition) is 1. The van der Waals surface area contributed by atoms with E-state index in [0.717, 1.165) is 0 Å². The average molecular weight is 306 g/mol. The second kappa shape index (κ2) is 5.54. The van der Waals surface area contributed by atoms with Crippen LogP contribution in [0.15, 0.2) is 46.9 Å². The smallest absolute Gasteiger partial charge is 0.182 e. The third-order valence-electron chi connectivity index (χ3n) is 2.24. The summed E-state index contributed by atoms with van der Waals surface area (Å²) in [6, 6.07) is 13.8. The van der Waals surface area contributed by atoms with Crippen molar-refractivity contribution in [3.63, 3.8) is 0 Å². The molecular formula is C13H8BrNO3. The van der Waals surface area contributed by atoms with Crippen LogP contribution in [0.2, 0.25) is 0 Å². The van der Waals surface area contributed by atoms with Gasteiger partial charge in [-0.1, -0.05) is 12.1 Å². The molecule has 0 spiro atoms. The molecule has 0 heterocycles. The summed E-state index contributed by atoms with van der Waals surface area (Å²) < 4.78 is 6.17. The van der Waals surface area contributed by atoms with Crippen LogP contribution in [-0.4, -0.2) is 5.26 Å². The maximum Gasteiger partial charge on any atom is 0.182 e. The highest BCUT2D eigenvalue weighted by atomic mass is 79.9. The average Bonchev–Trinajstić information content (AvgIpc) is 2.41. The van der Waals surface area contributed by atoms with Gasteiger partial charge in [0, 0.05) is 6.07 Å². The summed E-state index contributed by atoms with van der Waals surface area (Å²) in [6.07, 6.45) is 0. The zero-order chi connectivity index (χ0) is 13.0. The fourth-order valence-electron chi connectivity index (χ4n) is 1.39. The van der Waals surface area contributed by atoms with E-state index in [2.05, 4.69) is 20.8 Å². The van der Waals surface area contributed by atoms with E-state index in [9.17, 15) is 0 Å². The van der Waals surface area contributed by atoms with Crippen molar-refractivity contribution in [2.45, 2.75) is 0 Å². The first-order chi connectivity index (χ1) is 8.74. The predicted molar refractivity (Wildman–Crippen MR) is 68.6 cm³/mol. The zero-order valence-corrected chi connectivity index (χ0v) is 10.7. The Balaban J connectivity index is 2.32. The minimum absolute atomic E-state index is 0.238. The van der Waals surface area contributed by atoms with Crippen molar-refractivity contribution in [3.8, 4) is 23.3 Å². The first kappa shape index (κ1) is 12.4. The number of rotatable bonds is 3. The molecule has 0 saturated carbocycles. The number of benzene rings is 2. The van der Waals surface area contributed by atoms with Gasteiger partial charge in [0.25, 0.3) is 0 Å². The zero-order valence-electron chi connectivity index (χ0n) is 9.13. The molecule has 90 valence electrons. The lowest BCUT2D eigenvalue weighted by atomic mass is 10.2. The van der Waals surface area contributed by atoms with Crippen LogP contribution in [0.1, 0.15) is 5.56 Å². The van der Waals surface area contributed by atoms with Crippen molar-refractivity contribution < 1.29 is 14.9 Å². The van der Waals surface area contributed by atoms with Gasteiger partial charge in [0.15, 0.2) is 5.75 Å². The molecule has 0 aliphatic carbocycles. The van der Waals surface area contributed by atoms with E-state index in [4.69, 9.17) is 15.3 Å². The van der Waals surface area contributed by atoms with Crippen LogP contribution in [-0.2, 0) is 0 Å². The summed E-state index contributed by atoms with van der Waals surface area (Å²) in [6.45, 7) is 0. The molecule has 0 aromatic heterocycles. The largest absolute Gasteiger partial charge is 0.456 e. The topological polar surface area (TPSA) is 62.5 Å². The quantitative estimate of drug-likeness (QED) is 0.688. The van der Waals surface area contributed by atoms with Gasteiger partial charge in [0.05, 0.1) is 10.0 Å². The van der Waals surface area contributed by atoms with E-state index < -0.39 is 0 Å². The van der Waals surface area contributed by atoms with E-state index in [0.29, 0.717) is 21.5 Å². The van der Waals surface area contributed by atoms with Gasteiger partial charge in [-0.25, -0.2) is 5.26 Å². The lowest BCUT2D eigenvalue weighted by molar-refractivity contribution is -0.138. The van der Waals surface area contributed by atoms with Crippen molar-refractivity contribution >= 4 is 15.9 Å². The Morgan fingerprint density at radius 3 is 2.61 bits per heavy atom. The molecular weight excluding hydrogens is 298 g/mol. The second-order valence-electron chi connectivity index (χ2n) is 3.39. The van der Waals surface area contributed by atoms with Crippen molar-refractivity contribution in [3.05, 3.63) is 52.5 Å². The first-order valence-corrected chi connectivity index (χ1v) is 5.82. The molecule has 0 saturated heterocycles. The molecule has 0 bridgehead atoms. The van der Waals surface area contributed by atoms with Gasteiger partial charge in [-0.3, -0.25) is 0 Å². The molecule has 0 aliphatic rings. The molecule has 0 fully saturated rings. The monoisotopic (exact) mass is 305 g/mol. The Kier molecular flexibility index (Phi) is 3.82. The van der Waals surface area contributed by atoms with Gasteiger partial charge in [0.1, 0.15) is 17.6 Å². The molecule has 0 unspecified atom stereocenters. The molecule has 2 rings (SSSR count). The summed E-state index contributed by atoms with van der Waals surface area (Å²) in [4.78, 5) is 4.19. The third-order valence-corrected chi connectivity index (χ3v) is 2.89. The molecule has 18 heavy (non-hydrogen) atoms. The Morgan fingerprint density at radius 1 is 1.11 bits per heavy atom. The van der Waals surface area contributed by atoms with Crippen molar-refractivity contribution in [1.82, 2.24) is 0 Å². The summed E-state index contributed by atoms with van der Waals surface area (Å²) >= 11 is 3.21. The highest BCUT2D eigenvalue weighted by Crippen LogP contribution is 2.32. The van der Waals surface area contributed by atoms with Crippen LogP contribution in [0.3, 0.4) is 0 Å². The van der Waals surface area contributed by atoms with E-state index in [1.54, 1.807) is 36.4 Å². The number of ether oxygens (including phenoxy) is 1. The summed E-state index contributed by atoms with van der Waals surface area (Å²) in [5.74, 6) is 1.15. The van der Waals surface area contributed by atoms with Crippen LogP contribution in [0.4, 0.5) is 0 Å². The van der Waals surface area contributed by atoms with Crippen LogP contribution < -0.4 is 9.62 Å². The van der Waals surface area contributed by atoms with Crippen molar-refractivity contribution in [2.75, 3.05) is 0 Å². The van der Waals surface area contributed by atoms with Gasteiger partial charge in [0.2, 0.25) is 0 Å². The number of nitrogens with zero attached hydrogens (tertiary/aromatic N) is 1. The summed E-state index contributed by atoms with van der Waals surface area (Å²) in [5, 5.41) is 17.6. The molecule has 0 aliphatic heterocycles. The second-order valence-corrected chi connectivity index (χ2v) is 4.25. The lowest BCUT2D eigenvalue weighted by Gasteiger charge is -2.08. The van der Waals surface area contributed by atoms with E-state index in [1.807, 2.05) is 6.07 Å². The third kappa shape index (κ3) is 2.62. The Hall–Kier alpha value is -2.03. The van der Waals surface area contributed by atoms with Gasteiger partial charge >= 0.3 is 0 Å². The molecule has 4 nitrogen and oxygen atoms in total. The molecule has 0 amide bonds. The maximum absolute atomic E-state index is 8.94. The fraction of sp³-hybridized carbons (Fsp3) is 0. The van der Waals surface area contributed by atoms with Crippen LogP contribution in [0, 0.1) is 11.3 Å². The van der Waals surface area contributed by atoms with E-state index in [1.165, 1.54) is 6.07 Å². The van der Waals surface area contributed by atoms with Crippen molar-refractivity contribution in [2.24, 2.45) is 0 Å². The minimum Gasteiger partial charge on any atom is -0.456 e. The number of hydrogen-bond acceptors (Lipinski definition) is 4. The fourth-order valence-corrected chi connectivity index (χ4v) is 1.71. The van der Waals surface area contributed by atoms with Gasteiger partial charge < -0.3 is 9.62 Å². The molecule has 5 heteroatoms. The molecule has 2 aromatic rings. The number of nitriles is 1. The molecule has 2 aromatic carbocycles. The van der Waals surface area contributed by atoms with Crippen molar-refractivity contribution in [1.29, 1.82) is 5.26 Å². The molecule has 1 N–H and O–H groups in total. The SMILES string of the molecule is N#Cc1ccccc1Oc1ccc(Br)c(OO)c1. The van der Waals surface area contributed by atoms with Gasteiger partial charge in [-0.05, 0) is 40.2 Å². The maximum atomic E-state index is 8.94. The first-order valence-electron chi connectivity index (χ1n) is 5.02. The highest BCUT2D eigenvalue weighted by Gasteiger charge is 2.07.